The Morgan fingerprint density at radius 1 is 0.804 bits per heavy atom. The zero-order valence-electron chi connectivity index (χ0n) is 27.8. The van der Waals surface area contributed by atoms with Crippen LogP contribution >= 0.6 is 23.1 Å². The Balaban J connectivity index is 1.17. The van der Waals surface area contributed by atoms with Crippen molar-refractivity contribution in [3.8, 4) is 17.0 Å². The highest BCUT2D eigenvalue weighted by Gasteiger charge is 2.24. The van der Waals surface area contributed by atoms with Crippen LogP contribution in [-0.4, -0.2) is 29.8 Å². The summed E-state index contributed by atoms with van der Waals surface area (Å²) in [5.41, 5.74) is 5.47. The molecule has 3 N–H and O–H groups in total. The lowest BCUT2D eigenvalue weighted by Crippen LogP contribution is -2.30. The second-order valence-electron chi connectivity index (χ2n) is 11.4. The minimum absolute atomic E-state index is 0.0593. The van der Waals surface area contributed by atoms with E-state index in [1.165, 1.54) is 28.7 Å². The summed E-state index contributed by atoms with van der Waals surface area (Å²) in [5.74, 6) is -0.500. The van der Waals surface area contributed by atoms with Gasteiger partial charge in [-0.1, -0.05) is 90.5 Å². The first-order chi connectivity index (χ1) is 24.8. The number of nitrogens with one attached hydrogen (secondary N) is 3. The number of aromatic nitrogens is 1. The molecule has 5 aromatic carbocycles. The Hall–Kier alpha value is -5.97. The molecule has 0 fully saturated rings. The Morgan fingerprint density at radius 3 is 2.22 bits per heavy atom. The number of thiazole rings is 1. The molecular formula is C41H34N4O4S2. The fourth-order valence-corrected chi connectivity index (χ4v) is 6.80. The molecule has 0 bridgehead atoms. The smallest absolute Gasteiger partial charge is 0.272 e. The van der Waals surface area contributed by atoms with E-state index in [0.717, 1.165) is 21.7 Å². The molecule has 1 unspecified atom stereocenters. The van der Waals surface area contributed by atoms with Crippen LogP contribution in [0.3, 0.4) is 0 Å². The molecule has 0 spiro atoms. The molecule has 0 radical (unpaired) electrons. The summed E-state index contributed by atoms with van der Waals surface area (Å²) in [4.78, 5) is 45.8. The van der Waals surface area contributed by atoms with Crippen LogP contribution in [0.1, 0.15) is 32.3 Å². The van der Waals surface area contributed by atoms with Crippen LogP contribution in [0.2, 0.25) is 0 Å². The van der Waals surface area contributed by atoms with Crippen molar-refractivity contribution in [1.29, 1.82) is 0 Å². The fraction of sp³-hybridized carbons (Fsp3) is 0.0732. The summed E-state index contributed by atoms with van der Waals surface area (Å²) in [6.07, 6.45) is 1.60. The van der Waals surface area contributed by atoms with Crippen molar-refractivity contribution in [3.05, 3.63) is 167 Å². The van der Waals surface area contributed by atoms with Gasteiger partial charge in [-0.05, 0) is 72.7 Å². The molecular weight excluding hydrogens is 677 g/mol. The van der Waals surface area contributed by atoms with Gasteiger partial charge in [-0.2, -0.15) is 0 Å². The zero-order valence-corrected chi connectivity index (χ0v) is 29.5. The SMILES string of the molecule is COc1cccc(/C=C(\NC(=O)c2ccccc2)C(=O)Nc2ccc(SC(C(=O)Nc3nc(-c4ccc(C)cc4)cs3)c3ccccc3)cc2)c1. The standard InChI is InChI=1S/C41H34N4O4S2/c1-27-16-18-29(19-17-27)36-26-50-41(44-36)45-40(48)37(30-11-5-3-6-12-30)51-34-22-20-32(21-23-34)42-39(47)35(25-28-10-9-15-33(24-28)49-2)43-38(46)31-13-7-4-8-14-31/h3-26,37H,1-2H3,(H,42,47)(H,43,46)(H,44,45,48)/b35-25-. The van der Waals surface area contributed by atoms with E-state index in [9.17, 15) is 14.4 Å². The van der Waals surface area contributed by atoms with Crippen LogP contribution in [-0.2, 0) is 9.59 Å². The highest BCUT2D eigenvalue weighted by Crippen LogP contribution is 2.37. The molecule has 6 rings (SSSR count). The number of hydrogen-bond acceptors (Lipinski definition) is 7. The number of methoxy groups -OCH3 is 1. The van der Waals surface area contributed by atoms with E-state index < -0.39 is 17.1 Å². The predicted octanol–water partition coefficient (Wildman–Crippen LogP) is 9.01. The lowest BCUT2D eigenvalue weighted by molar-refractivity contribution is -0.116. The highest BCUT2D eigenvalue weighted by atomic mass is 32.2. The average Bonchev–Trinajstić information content (AvgIpc) is 3.63. The number of rotatable bonds is 12. The quantitative estimate of drug-likeness (QED) is 0.0864. The maximum atomic E-state index is 13.7. The van der Waals surface area contributed by atoms with Crippen LogP contribution < -0.4 is 20.7 Å². The van der Waals surface area contributed by atoms with Crippen LogP contribution in [0, 0.1) is 6.92 Å². The summed E-state index contributed by atoms with van der Waals surface area (Å²) in [7, 11) is 1.56. The monoisotopic (exact) mass is 710 g/mol. The van der Waals surface area contributed by atoms with Crippen LogP contribution in [0.4, 0.5) is 10.8 Å². The summed E-state index contributed by atoms with van der Waals surface area (Å²) < 4.78 is 5.33. The molecule has 3 amide bonds. The Morgan fingerprint density at radius 2 is 1.51 bits per heavy atom. The van der Waals surface area contributed by atoms with Crippen molar-refractivity contribution >= 4 is 57.7 Å². The molecule has 1 heterocycles. The number of anilines is 2. The van der Waals surface area contributed by atoms with Gasteiger partial charge in [-0.25, -0.2) is 4.98 Å². The lowest BCUT2D eigenvalue weighted by Gasteiger charge is -2.17. The van der Waals surface area contributed by atoms with Gasteiger partial charge in [-0.15, -0.1) is 23.1 Å². The number of hydrogen-bond donors (Lipinski definition) is 3. The summed E-state index contributed by atoms with van der Waals surface area (Å²) >= 11 is 2.77. The first-order valence-electron chi connectivity index (χ1n) is 16.0. The van der Waals surface area contributed by atoms with E-state index >= 15 is 0 Å². The molecule has 0 aliphatic carbocycles. The number of aryl methyl sites for hydroxylation is 1. The van der Waals surface area contributed by atoms with Crippen molar-refractivity contribution in [2.75, 3.05) is 17.7 Å². The van der Waals surface area contributed by atoms with Gasteiger partial charge in [0.05, 0.1) is 12.8 Å². The molecule has 0 saturated heterocycles. The number of amides is 3. The van der Waals surface area contributed by atoms with E-state index in [2.05, 4.69) is 20.9 Å². The Kier molecular flexibility index (Phi) is 11.4. The number of nitrogens with zero attached hydrogens (tertiary/aromatic N) is 1. The molecule has 8 nitrogen and oxygen atoms in total. The van der Waals surface area contributed by atoms with Crippen molar-refractivity contribution in [1.82, 2.24) is 10.3 Å². The minimum Gasteiger partial charge on any atom is -0.497 e. The van der Waals surface area contributed by atoms with E-state index in [4.69, 9.17) is 4.74 Å². The largest absolute Gasteiger partial charge is 0.497 e. The molecule has 254 valence electrons. The normalized spacial score (nSPS) is 11.7. The second-order valence-corrected chi connectivity index (χ2v) is 13.5. The number of carbonyl (C=O) groups excluding carboxylic acids is 3. The number of thioether (sulfide) groups is 1. The van der Waals surface area contributed by atoms with Crippen LogP contribution in [0.25, 0.3) is 17.3 Å². The van der Waals surface area contributed by atoms with Gasteiger partial charge in [-0.3, -0.25) is 14.4 Å². The number of carbonyl (C=O) groups is 3. The van der Waals surface area contributed by atoms with Crippen molar-refractivity contribution in [2.45, 2.75) is 17.1 Å². The molecule has 0 aliphatic heterocycles. The lowest BCUT2D eigenvalue weighted by atomic mass is 10.1. The maximum absolute atomic E-state index is 13.7. The van der Waals surface area contributed by atoms with Gasteiger partial charge in [0.25, 0.3) is 11.8 Å². The topological polar surface area (TPSA) is 109 Å². The Bertz CT molecular complexity index is 2150. The first-order valence-corrected chi connectivity index (χ1v) is 17.8. The van der Waals surface area contributed by atoms with Crippen molar-refractivity contribution in [3.63, 3.8) is 0 Å². The summed E-state index contributed by atoms with van der Waals surface area (Å²) in [6, 6.07) is 40.7. The highest BCUT2D eigenvalue weighted by molar-refractivity contribution is 8.00. The molecule has 1 aromatic heterocycles. The van der Waals surface area contributed by atoms with Gasteiger partial charge in [0.1, 0.15) is 16.7 Å². The Labute approximate surface area is 304 Å². The molecule has 1 atom stereocenters. The van der Waals surface area contributed by atoms with Crippen molar-refractivity contribution in [2.24, 2.45) is 0 Å². The second kappa shape index (κ2) is 16.6. The third-order valence-corrected chi connectivity index (χ3v) is 9.75. The van der Waals surface area contributed by atoms with E-state index in [-0.39, 0.29) is 11.6 Å². The van der Waals surface area contributed by atoms with Crippen LogP contribution in [0.15, 0.2) is 149 Å². The van der Waals surface area contributed by atoms with Gasteiger partial charge >= 0.3 is 0 Å². The van der Waals surface area contributed by atoms with Gasteiger partial charge in [0.15, 0.2) is 5.13 Å². The van der Waals surface area contributed by atoms with Gasteiger partial charge < -0.3 is 20.7 Å². The molecule has 10 heteroatoms. The minimum atomic E-state index is -0.566. The summed E-state index contributed by atoms with van der Waals surface area (Å²) in [5, 5.41) is 10.5. The third kappa shape index (κ3) is 9.39. The number of ether oxygens (including phenoxy) is 1. The molecule has 51 heavy (non-hydrogen) atoms. The fourth-order valence-electron chi connectivity index (χ4n) is 5.05. The van der Waals surface area contributed by atoms with Gasteiger partial charge in [0, 0.05) is 27.1 Å². The van der Waals surface area contributed by atoms with Crippen LogP contribution in [0.5, 0.6) is 5.75 Å². The zero-order chi connectivity index (χ0) is 35.6. The molecule has 0 aliphatic rings. The number of benzene rings is 5. The van der Waals surface area contributed by atoms with Gasteiger partial charge in [0.2, 0.25) is 5.91 Å². The maximum Gasteiger partial charge on any atom is 0.272 e. The first kappa shape index (κ1) is 34.9. The van der Waals surface area contributed by atoms with Crippen molar-refractivity contribution < 1.29 is 19.1 Å². The molecule has 0 saturated carbocycles. The van der Waals surface area contributed by atoms with E-state index in [1.54, 1.807) is 67.8 Å². The van der Waals surface area contributed by atoms with E-state index in [1.807, 2.05) is 91.2 Å². The summed E-state index contributed by atoms with van der Waals surface area (Å²) in [6.45, 7) is 2.04. The third-order valence-electron chi connectivity index (χ3n) is 7.72. The predicted molar refractivity (Wildman–Crippen MR) is 206 cm³/mol. The molecule has 6 aromatic rings. The van der Waals surface area contributed by atoms with E-state index in [0.29, 0.717) is 27.7 Å². The average molecular weight is 711 g/mol.